The summed E-state index contributed by atoms with van der Waals surface area (Å²) in [5.41, 5.74) is 2.75. The molecular formula is C19H19ClN2O2S. The van der Waals surface area contributed by atoms with Gasteiger partial charge >= 0.3 is 0 Å². The third-order valence-corrected chi connectivity index (χ3v) is 5.53. The summed E-state index contributed by atoms with van der Waals surface area (Å²) in [5.74, 6) is 0.540. The van der Waals surface area contributed by atoms with Gasteiger partial charge in [-0.15, -0.1) is 11.8 Å². The van der Waals surface area contributed by atoms with Crippen molar-refractivity contribution in [2.45, 2.75) is 24.5 Å². The lowest BCUT2D eigenvalue weighted by molar-refractivity contribution is -0.116. The van der Waals surface area contributed by atoms with Crippen molar-refractivity contribution in [2.24, 2.45) is 0 Å². The Morgan fingerprint density at radius 2 is 2.08 bits per heavy atom. The molecule has 0 aliphatic carbocycles. The van der Waals surface area contributed by atoms with E-state index in [1.807, 2.05) is 24.3 Å². The van der Waals surface area contributed by atoms with Gasteiger partial charge in [0.05, 0.1) is 5.25 Å². The number of benzene rings is 2. The van der Waals surface area contributed by atoms with Gasteiger partial charge < -0.3 is 10.6 Å². The van der Waals surface area contributed by atoms with Crippen LogP contribution in [0.5, 0.6) is 0 Å². The van der Waals surface area contributed by atoms with E-state index < -0.39 is 0 Å². The third-order valence-electron chi connectivity index (χ3n) is 4.00. The minimum absolute atomic E-state index is 0.0187. The largest absolute Gasteiger partial charge is 0.326 e. The van der Waals surface area contributed by atoms with Gasteiger partial charge in [-0.3, -0.25) is 9.59 Å². The highest BCUT2D eigenvalue weighted by Crippen LogP contribution is 2.27. The Morgan fingerprint density at radius 3 is 2.92 bits per heavy atom. The molecule has 25 heavy (non-hydrogen) atoms. The minimum Gasteiger partial charge on any atom is -0.326 e. The van der Waals surface area contributed by atoms with Crippen molar-refractivity contribution < 1.29 is 9.59 Å². The number of para-hydroxylation sites is 1. The number of anilines is 2. The maximum absolute atomic E-state index is 12.3. The predicted octanol–water partition coefficient (Wildman–Crippen LogP) is 4.36. The quantitative estimate of drug-likeness (QED) is 0.817. The second-order valence-electron chi connectivity index (χ2n) is 5.85. The van der Waals surface area contributed by atoms with E-state index in [-0.39, 0.29) is 17.1 Å². The standard InChI is InChI=1S/C19H19ClN2O2S/c20-14-5-3-6-15(12-14)21-18(23)10-11-25-17-9-8-13-4-1-2-7-16(13)22-19(17)24/h1-7,12,17H,8-11H2,(H,21,23)(H,22,24)/t17-/m0/s1. The number of nitrogens with one attached hydrogen (secondary N) is 2. The van der Waals surface area contributed by atoms with Crippen LogP contribution in [0.3, 0.4) is 0 Å². The van der Waals surface area contributed by atoms with Crippen molar-refractivity contribution >= 4 is 46.6 Å². The Kier molecular flexibility index (Phi) is 6.00. The van der Waals surface area contributed by atoms with E-state index in [9.17, 15) is 9.59 Å². The molecule has 0 aromatic heterocycles. The zero-order valence-electron chi connectivity index (χ0n) is 13.6. The van der Waals surface area contributed by atoms with Crippen LogP contribution in [0.25, 0.3) is 0 Å². The summed E-state index contributed by atoms with van der Waals surface area (Å²) in [6.45, 7) is 0. The molecule has 0 bridgehead atoms. The lowest BCUT2D eigenvalue weighted by Gasteiger charge is -2.12. The Bertz CT molecular complexity index is 782. The second-order valence-corrected chi connectivity index (χ2v) is 7.60. The summed E-state index contributed by atoms with van der Waals surface area (Å²) in [4.78, 5) is 24.4. The number of fused-ring (bicyclic) bond motifs is 1. The molecule has 2 N–H and O–H groups in total. The summed E-state index contributed by atoms with van der Waals surface area (Å²) in [6.07, 6.45) is 2.00. The summed E-state index contributed by atoms with van der Waals surface area (Å²) < 4.78 is 0. The number of thioether (sulfide) groups is 1. The van der Waals surface area contributed by atoms with E-state index in [1.165, 1.54) is 11.8 Å². The van der Waals surface area contributed by atoms with Crippen molar-refractivity contribution in [3.63, 3.8) is 0 Å². The fourth-order valence-corrected chi connectivity index (χ4v) is 4.01. The SMILES string of the molecule is O=C(CCS[C@H]1CCc2ccccc2NC1=O)Nc1cccc(Cl)c1. The van der Waals surface area contributed by atoms with Gasteiger partial charge in [-0.25, -0.2) is 0 Å². The van der Waals surface area contributed by atoms with Crippen molar-refractivity contribution in [2.75, 3.05) is 16.4 Å². The molecule has 1 heterocycles. The molecule has 3 rings (SSSR count). The van der Waals surface area contributed by atoms with E-state index in [1.54, 1.807) is 24.3 Å². The Labute approximate surface area is 156 Å². The van der Waals surface area contributed by atoms with Gasteiger partial charge in [-0.2, -0.15) is 0 Å². The number of halogens is 1. The van der Waals surface area contributed by atoms with Crippen LogP contribution in [0.15, 0.2) is 48.5 Å². The maximum atomic E-state index is 12.3. The highest BCUT2D eigenvalue weighted by molar-refractivity contribution is 8.00. The van der Waals surface area contributed by atoms with Crippen LogP contribution < -0.4 is 10.6 Å². The first kappa shape index (κ1) is 17.8. The topological polar surface area (TPSA) is 58.2 Å². The number of carbonyl (C=O) groups is 2. The molecule has 0 unspecified atom stereocenters. The lowest BCUT2D eigenvalue weighted by Crippen LogP contribution is -2.24. The average Bonchev–Trinajstić information content (AvgIpc) is 2.74. The summed E-state index contributed by atoms with van der Waals surface area (Å²) in [6, 6.07) is 14.9. The van der Waals surface area contributed by atoms with Crippen LogP contribution in [-0.4, -0.2) is 22.8 Å². The van der Waals surface area contributed by atoms with E-state index in [0.717, 1.165) is 24.1 Å². The summed E-state index contributed by atoms with van der Waals surface area (Å²) in [5, 5.41) is 6.25. The van der Waals surface area contributed by atoms with Gasteiger partial charge in [0.25, 0.3) is 0 Å². The third kappa shape index (κ3) is 5.00. The van der Waals surface area contributed by atoms with Crippen LogP contribution in [0.4, 0.5) is 11.4 Å². The molecule has 1 aliphatic heterocycles. The van der Waals surface area contributed by atoms with Crippen LogP contribution >= 0.6 is 23.4 Å². The first-order valence-corrected chi connectivity index (χ1v) is 9.60. The molecule has 0 saturated heterocycles. The van der Waals surface area contributed by atoms with Gasteiger partial charge in [0.2, 0.25) is 11.8 Å². The normalized spacial score (nSPS) is 16.5. The maximum Gasteiger partial charge on any atom is 0.237 e. The molecule has 0 radical (unpaired) electrons. The van der Waals surface area contributed by atoms with Crippen molar-refractivity contribution in [3.8, 4) is 0 Å². The summed E-state index contributed by atoms with van der Waals surface area (Å²) >= 11 is 7.44. The van der Waals surface area contributed by atoms with Gasteiger partial charge in [0.15, 0.2) is 0 Å². The zero-order valence-corrected chi connectivity index (χ0v) is 15.2. The molecular weight excluding hydrogens is 356 g/mol. The van der Waals surface area contributed by atoms with Crippen molar-refractivity contribution in [3.05, 3.63) is 59.1 Å². The van der Waals surface area contributed by atoms with Crippen LogP contribution in [0.1, 0.15) is 18.4 Å². The van der Waals surface area contributed by atoms with E-state index in [0.29, 0.717) is 22.9 Å². The number of amides is 2. The zero-order chi connectivity index (χ0) is 17.6. The fourth-order valence-electron chi connectivity index (χ4n) is 2.73. The second kappa shape index (κ2) is 8.41. The Balaban J connectivity index is 1.47. The minimum atomic E-state index is -0.133. The monoisotopic (exact) mass is 374 g/mol. The molecule has 0 saturated carbocycles. The molecule has 0 spiro atoms. The van der Waals surface area contributed by atoms with Gasteiger partial charge in [0, 0.05) is 28.6 Å². The number of hydrogen-bond acceptors (Lipinski definition) is 3. The number of rotatable bonds is 5. The molecule has 2 aromatic rings. The molecule has 6 heteroatoms. The predicted molar refractivity (Wildman–Crippen MR) is 104 cm³/mol. The van der Waals surface area contributed by atoms with Crippen LogP contribution in [0.2, 0.25) is 5.02 Å². The molecule has 0 fully saturated rings. The number of hydrogen-bond donors (Lipinski definition) is 2. The lowest BCUT2D eigenvalue weighted by atomic mass is 10.1. The van der Waals surface area contributed by atoms with E-state index in [2.05, 4.69) is 10.6 Å². The number of aryl methyl sites for hydroxylation is 1. The molecule has 4 nitrogen and oxygen atoms in total. The first-order valence-electron chi connectivity index (χ1n) is 8.17. The van der Waals surface area contributed by atoms with Crippen molar-refractivity contribution in [1.29, 1.82) is 0 Å². The molecule has 1 atom stereocenters. The first-order chi connectivity index (χ1) is 12.1. The molecule has 2 amide bonds. The van der Waals surface area contributed by atoms with Crippen molar-refractivity contribution in [1.82, 2.24) is 0 Å². The fraction of sp³-hybridized carbons (Fsp3) is 0.263. The van der Waals surface area contributed by atoms with E-state index >= 15 is 0 Å². The van der Waals surface area contributed by atoms with Gasteiger partial charge in [0.1, 0.15) is 0 Å². The van der Waals surface area contributed by atoms with Crippen LogP contribution in [0, 0.1) is 0 Å². The van der Waals surface area contributed by atoms with Gasteiger partial charge in [-0.05, 0) is 42.7 Å². The highest BCUT2D eigenvalue weighted by Gasteiger charge is 2.23. The Hall–Kier alpha value is -1.98. The average molecular weight is 375 g/mol. The smallest absolute Gasteiger partial charge is 0.237 e. The van der Waals surface area contributed by atoms with Crippen LogP contribution in [-0.2, 0) is 16.0 Å². The van der Waals surface area contributed by atoms with E-state index in [4.69, 9.17) is 11.6 Å². The molecule has 130 valence electrons. The number of carbonyl (C=O) groups excluding carboxylic acids is 2. The Morgan fingerprint density at radius 1 is 1.24 bits per heavy atom. The highest BCUT2D eigenvalue weighted by atomic mass is 35.5. The molecule has 1 aliphatic rings. The molecule has 2 aromatic carbocycles. The summed E-state index contributed by atoms with van der Waals surface area (Å²) in [7, 11) is 0. The van der Waals surface area contributed by atoms with Gasteiger partial charge in [-0.1, -0.05) is 35.9 Å².